The second kappa shape index (κ2) is 9.65. The third-order valence-corrected chi connectivity index (χ3v) is 5.59. The van der Waals surface area contributed by atoms with Gasteiger partial charge in [-0.3, -0.25) is 9.59 Å². The Bertz CT molecular complexity index is 1180. The van der Waals surface area contributed by atoms with E-state index in [4.69, 9.17) is 4.74 Å². The summed E-state index contributed by atoms with van der Waals surface area (Å²) in [7, 11) is 3.12. The molecule has 1 atom stereocenters. The fourth-order valence-electron chi connectivity index (χ4n) is 3.83. The van der Waals surface area contributed by atoms with Crippen LogP contribution in [0.4, 0.5) is 4.39 Å². The number of carbonyl (C=O) groups excluding carboxylic acids is 2. The second-order valence-corrected chi connectivity index (χ2v) is 7.79. The number of halogens is 1. The zero-order valence-electron chi connectivity index (χ0n) is 18.4. The van der Waals surface area contributed by atoms with Gasteiger partial charge in [0.25, 0.3) is 11.8 Å². The van der Waals surface area contributed by atoms with Crippen molar-refractivity contribution < 1.29 is 18.7 Å². The highest BCUT2D eigenvalue weighted by Gasteiger charge is 2.34. The van der Waals surface area contributed by atoms with E-state index in [2.05, 4.69) is 5.10 Å². The monoisotopic (exact) mass is 445 g/mol. The molecule has 0 aliphatic carbocycles. The van der Waals surface area contributed by atoms with Crippen LogP contribution in [-0.2, 0) is 4.79 Å². The molecule has 0 bridgehead atoms. The number of likely N-dealkylation sites (N-methyl/N-ethyl adjacent to an activating group) is 1. The second-order valence-electron chi connectivity index (χ2n) is 7.79. The van der Waals surface area contributed by atoms with Crippen LogP contribution in [0.5, 0.6) is 5.75 Å². The Labute approximate surface area is 191 Å². The predicted octanol–water partition coefficient (Wildman–Crippen LogP) is 4.28. The lowest BCUT2D eigenvalue weighted by atomic mass is 9.98. The van der Waals surface area contributed by atoms with E-state index in [0.29, 0.717) is 29.0 Å². The Morgan fingerprint density at radius 3 is 2.36 bits per heavy atom. The number of rotatable bonds is 6. The van der Waals surface area contributed by atoms with E-state index in [-0.39, 0.29) is 30.2 Å². The summed E-state index contributed by atoms with van der Waals surface area (Å²) in [5.74, 6) is -0.383. The summed E-state index contributed by atoms with van der Waals surface area (Å²) < 4.78 is 19.5. The number of hydrogen-bond acceptors (Lipinski definition) is 4. The van der Waals surface area contributed by atoms with Crippen LogP contribution >= 0.6 is 0 Å². The largest absolute Gasteiger partial charge is 0.497 e. The molecule has 2 amide bonds. The molecule has 3 aromatic carbocycles. The van der Waals surface area contributed by atoms with Gasteiger partial charge in [0, 0.05) is 24.6 Å². The zero-order chi connectivity index (χ0) is 23.4. The normalized spacial score (nSPS) is 15.2. The molecule has 6 nitrogen and oxygen atoms in total. The van der Waals surface area contributed by atoms with Gasteiger partial charge in [-0.2, -0.15) is 5.10 Å². The molecule has 0 spiro atoms. The third-order valence-electron chi connectivity index (χ3n) is 5.59. The molecular weight excluding hydrogens is 421 g/mol. The molecule has 7 heteroatoms. The van der Waals surface area contributed by atoms with E-state index >= 15 is 0 Å². The van der Waals surface area contributed by atoms with E-state index in [1.807, 2.05) is 30.3 Å². The predicted molar refractivity (Wildman–Crippen MR) is 124 cm³/mol. The fraction of sp³-hybridized carbons (Fsp3) is 0.192. The van der Waals surface area contributed by atoms with E-state index < -0.39 is 0 Å². The van der Waals surface area contributed by atoms with Gasteiger partial charge < -0.3 is 9.64 Å². The van der Waals surface area contributed by atoms with Crippen molar-refractivity contribution in [3.05, 3.63) is 101 Å². The molecule has 0 saturated heterocycles. The van der Waals surface area contributed by atoms with Crippen molar-refractivity contribution in [2.24, 2.45) is 5.10 Å². The number of hydrazone groups is 1. The van der Waals surface area contributed by atoms with Crippen LogP contribution in [0, 0.1) is 5.82 Å². The van der Waals surface area contributed by atoms with Crippen LogP contribution in [0.15, 0.2) is 84.0 Å². The molecule has 168 valence electrons. The summed E-state index contributed by atoms with van der Waals surface area (Å²) in [5.41, 5.74) is 2.21. The number of amides is 2. The fourth-order valence-corrected chi connectivity index (χ4v) is 3.83. The van der Waals surface area contributed by atoms with E-state index in [9.17, 15) is 14.0 Å². The van der Waals surface area contributed by atoms with Crippen LogP contribution in [0.1, 0.15) is 33.9 Å². The molecule has 0 radical (unpaired) electrons. The molecule has 0 aromatic heterocycles. The maximum Gasteiger partial charge on any atom is 0.262 e. The smallest absolute Gasteiger partial charge is 0.262 e. The van der Waals surface area contributed by atoms with Gasteiger partial charge in [-0.25, -0.2) is 9.40 Å². The van der Waals surface area contributed by atoms with Crippen molar-refractivity contribution in [1.82, 2.24) is 9.91 Å². The summed E-state index contributed by atoms with van der Waals surface area (Å²) in [6.45, 7) is -0.164. The minimum atomic E-state index is -0.385. The first-order chi connectivity index (χ1) is 16.0. The standard InChI is InChI=1S/C26H24FN3O3/c1-29(26(32)19-12-14-20(33-2)15-13-19)17-25(31)30-24(18-8-4-3-5-9-18)16-23(28-30)21-10-6-7-11-22(21)27/h3-15,24H,16-17H2,1-2H3/t24-/m0/s1. The first kappa shape index (κ1) is 22.2. The number of ether oxygens (including phenoxy) is 1. The third kappa shape index (κ3) is 4.77. The zero-order valence-corrected chi connectivity index (χ0v) is 18.4. The maximum atomic E-state index is 14.4. The Balaban J connectivity index is 1.57. The van der Waals surface area contributed by atoms with Crippen molar-refractivity contribution in [2.75, 3.05) is 20.7 Å². The van der Waals surface area contributed by atoms with Crippen molar-refractivity contribution in [3.8, 4) is 5.75 Å². The molecule has 4 rings (SSSR count). The van der Waals surface area contributed by atoms with Crippen molar-refractivity contribution in [1.29, 1.82) is 0 Å². The Hall–Kier alpha value is -4.00. The summed E-state index contributed by atoms with van der Waals surface area (Å²) in [5, 5.41) is 5.86. The summed E-state index contributed by atoms with van der Waals surface area (Å²) in [4.78, 5) is 27.4. The SMILES string of the molecule is COc1ccc(C(=O)N(C)CC(=O)N2N=C(c3ccccc3F)C[C@H]2c2ccccc2)cc1. The molecule has 0 unspecified atom stereocenters. The van der Waals surface area contributed by atoms with Gasteiger partial charge >= 0.3 is 0 Å². The van der Waals surface area contributed by atoms with Gasteiger partial charge in [0.2, 0.25) is 0 Å². The maximum absolute atomic E-state index is 14.4. The average molecular weight is 445 g/mol. The molecule has 33 heavy (non-hydrogen) atoms. The number of benzene rings is 3. The number of nitrogens with zero attached hydrogens (tertiary/aromatic N) is 3. The highest BCUT2D eigenvalue weighted by Crippen LogP contribution is 2.33. The first-order valence-electron chi connectivity index (χ1n) is 10.6. The summed E-state index contributed by atoms with van der Waals surface area (Å²) in [6, 6.07) is 22.2. The molecule has 0 fully saturated rings. The first-order valence-corrected chi connectivity index (χ1v) is 10.6. The van der Waals surface area contributed by atoms with Crippen LogP contribution in [0.3, 0.4) is 0 Å². The highest BCUT2D eigenvalue weighted by atomic mass is 19.1. The molecule has 3 aromatic rings. The van der Waals surface area contributed by atoms with Crippen LogP contribution in [0.2, 0.25) is 0 Å². The van der Waals surface area contributed by atoms with Gasteiger partial charge in [-0.15, -0.1) is 0 Å². The minimum Gasteiger partial charge on any atom is -0.497 e. The van der Waals surface area contributed by atoms with Crippen molar-refractivity contribution in [2.45, 2.75) is 12.5 Å². The quantitative estimate of drug-likeness (QED) is 0.569. The van der Waals surface area contributed by atoms with Gasteiger partial charge in [0.15, 0.2) is 0 Å². The topological polar surface area (TPSA) is 62.2 Å². The van der Waals surface area contributed by atoms with Crippen molar-refractivity contribution >= 4 is 17.5 Å². The number of methoxy groups -OCH3 is 1. The lowest BCUT2D eigenvalue weighted by Crippen LogP contribution is -2.39. The molecule has 1 heterocycles. The lowest BCUT2D eigenvalue weighted by Gasteiger charge is -2.25. The van der Waals surface area contributed by atoms with E-state index in [0.717, 1.165) is 5.56 Å². The molecule has 1 aliphatic heterocycles. The van der Waals surface area contributed by atoms with Gasteiger partial charge in [0.1, 0.15) is 18.1 Å². The van der Waals surface area contributed by atoms with Crippen molar-refractivity contribution in [3.63, 3.8) is 0 Å². The molecule has 0 N–H and O–H groups in total. The molecular formula is C26H24FN3O3. The minimum absolute atomic E-state index is 0.164. The van der Waals surface area contributed by atoms with Gasteiger partial charge in [-0.1, -0.05) is 48.5 Å². The highest BCUT2D eigenvalue weighted by molar-refractivity contribution is 6.04. The van der Waals surface area contributed by atoms with Crippen LogP contribution in [-0.4, -0.2) is 48.1 Å². The summed E-state index contributed by atoms with van der Waals surface area (Å²) in [6.07, 6.45) is 0.382. The number of carbonyl (C=O) groups is 2. The van der Waals surface area contributed by atoms with Gasteiger partial charge in [0.05, 0.1) is 18.9 Å². The lowest BCUT2D eigenvalue weighted by molar-refractivity contribution is -0.133. The Morgan fingerprint density at radius 1 is 1.03 bits per heavy atom. The Morgan fingerprint density at radius 2 is 1.70 bits per heavy atom. The molecule has 0 saturated carbocycles. The number of hydrogen-bond donors (Lipinski definition) is 0. The summed E-state index contributed by atoms with van der Waals surface area (Å²) >= 11 is 0. The van der Waals surface area contributed by atoms with E-state index in [1.54, 1.807) is 56.6 Å². The average Bonchev–Trinajstić information content (AvgIpc) is 3.30. The van der Waals surface area contributed by atoms with Crippen LogP contribution < -0.4 is 4.74 Å². The van der Waals surface area contributed by atoms with Gasteiger partial charge in [-0.05, 0) is 35.9 Å². The van der Waals surface area contributed by atoms with E-state index in [1.165, 1.54) is 16.0 Å². The van der Waals surface area contributed by atoms with Crippen LogP contribution in [0.25, 0.3) is 0 Å². The molecule has 1 aliphatic rings. The Kier molecular flexibility index (Phi) is 6.49.